The topological polar surface area (TPSA) is 78.5 Å². The molecule has 1 saturated heterocycles. The molecule has 1 fully saturated rings. The van der Waals surface area contributed by atoms with Crippen LogP contribution in [-0.2, 0) is 15.6 Å². The van der Waals surface area contributed by atoms with Crippen molar-refractivity contribution in [2.75, 3.05) is 19.3 Å². The highest BCUT2D eigenvalue weighted by Crippen LogP contribution is 2.36. The van der Waals surface area contributed by atoms with Crippen molar-refractivity contribution >= 4 is 32.0 Å². The highest BCUT2D eigenvalue weighted by Gasteiger charge is 2.40. The van der Waals surface area contributed by atoms with E-state index in [0.717, 1.165) is 21.9 Å². The third kappa shape index (κ3) is 6.05. The van der Waals surface area contributed by atoms with Gasteiger partial charge in [-0.1, -0.05) is 40.2 Å². The van der Waals surface area contributed by atoms with E-state index >= 15 is 0 Å². The molecule has 2 amide bonds. The minimum atomic E-state index is -3.28. The fourth-order valence-corrected chi connectivity index (χ4v) is 4.79. The van der Waals surface area contributed by atoms with Gasteiger partial charge in [0.25, 0.3) is 0 Å². The van der Waals surface area contributed by atoms with Gasteiger partial charge in [-0.05, 0) is 61.6 Å². The number of rotatable bonds is 8. The summed E-state index contributed by atoms with van der Waals surface area (Å²) in [5.41, 5.74) is 1.17. The average Bonchev–Trinajstić information content (AvgIpc) is 2.71. The zero-order valence-corrected chi connectivity index (χ0v) is 20.0. The third-order valence-corrected chi connectivity index (χ3v) is 7.01. The van der Waals surface area contributed by atoms with Gasteiger partial charge in [0.1, 0.15) is 5.82 Å². The molecule has 1 heterocycles. The van der Waals surface area contributed by atoms with Gasteiger partial charge >= 0.3 is 6.03 Å². The zero-order chi connectivity index (χ0) is 22.6. The van der Waals surface area contributed by atoms with E-state index in [4.69, 9.17) is 0 Å². The molecule has 0 bridgehead atoms. The van der Waals surface area contributed by atoms with E-state index in [-0.39, 0.29) is 24.4 Å². The Hall–Kier alpha value is -1.97. The van der Waals surface area contributed by atoms with E-state index in [2.05, 4.69) is 26.0 Å². The average molecular weight is 512 g/mol. The lowest BCUT2D eigenvalue weighted by molar-refractivity contribution is 0.120. The molecule has 9 heteroatoms. The molecule has 168 valence electrons. The largest absolute Gasteiger partial charge is 0.328 e. The van der Waals surface area contributed by atoms with E-state index in [1.807, 2.05) is 31.2 Å². The van der Waals surface area contributed by atoms with Crippen molar-refractivity contribution in [2.45, 2.75) is 37.8 Å². The predicted octanol–water partition coefficient (Wildman–Crippen LogP) is 4.29. The lowest BCUT2D eigenvalue weighted by Gasteiger charge is -2.45. The smallest absolute Gasteiger partial charge is 0.318 e. The first-order valence-corrected chi connectivity index (χ1v) is 12.8. The summed E-state index contributed by atoms with van der Waals surface area (Å²) in [5.74, 6) is -0.342. The number of benzene rings is 2. The van der Waals surface area contributed by atoms with Crippen LogP contribution in [0.1, 0.15) is 43.4 Å². The number of sulfonamides is 1. The molecule has 1 aliphatic rings. The first-order chi connectivity index (χ1) is 14.6. The van der Waals surface area contributed by atoms with Crippen molar-refractivity contribution in [2.24, 2.45) is 0 Å². The molecule has 0 saturated carbocycles. The van der Waals surface area contributed by atoms with Gasteiger partial charge in [-0.2, -0.15) is 0 Å². The first kappa shape index (κ1) is 23.7. The minimum Gasteiger partial charge on any atom is -0.328 e. The SMILES string of the molecule is C[C@H](c1ccc(Br)cc1)N1CC[C@@](CCCNS(C)(=O)=O)(c2ccc(F)cc2)NC1=O. The van der Waals surface area contributed by atoms with Gasteiger partial charge in [0.05, 0.1) is 17.8 Å². The predicted molar refractivity (Wildman–Crippen MR) is 123 cm³/mol. The van der Waals surface area contributed by atoms with E-state index < -0.39 is 15.6 Å². The molecule has 0 unspecified atom stereocenters. The van der Waals surface area contributed by atoms with Crippen LogP contribution in [-0.4, -0.2) is 38.7 Å². The normalized spacial score (nSPS) is 20.4. The summed E-state index contributed by atoms with van der Waals surface area (Å²) < 4.78 is 39.7. The fraction of sp³-hybridized carbons (Fsp3) is 0.409. The van der Waals surface area contributed by atoms with E-state index in [1.54, 1.807) is 17.0 Å². The van der Waals surface area contributed by atoms with Crippen molar-refractivity contribution in [3.05, 3.63) is 69.9 Å². The number of nitrogens with one attached hydrogen (secondary N) is 2. The maximum Gasteiger partial charge on any atom is 0.318 e. The van der Waals surface area contributed by atoms with Crippen LogP contribution in [0.4, 0.5) is 9.18 Å². The number of hydrogen-bond donors (Lipinski definition) is 2. The number of carbonyl (C=O) groups is 1. The van der Waals surface area contributed by atoms with Gasteiger partial charge in [-0.25, -0.2) is 22.3 Å². The Morgan fingerprint density at radius 3 is 2.42 bits per heavy atom. The molecular weight excluding hydrogens is 485 g/mol. The molecule has 2 aromatic carbocycles. The number of nitrogens with zero attached hydrogens (tertiary/aromatic N) is 1. The molecule has 6 nitrogen and oxygen atoms in total. The Morgan fingerprint density at radius 1 is 1.19 bits per heavy atom. The summed E-state index contributed by atoms with van der Waals surface area (Å²) in [6.07, 6.45) is 2.82. The molecule has 2 aromatic rings. The van der Waals surface area contributed by atoms with E-state index in [0.29, 0.717) is 25.8 Å². The highest BCUT2D eigenvalue weighted by molar-refractivity contribution is 9.10. The monoisotopic (exact) mass is 511 g/mol. The maximum absolute atomic E-state index is 13.5. The van der Waals surface area contributed by atoms with Crippen LogP contribution in [0.3, 0.4) is 0 Å². The Morgan fingerprint density at radius 2 is 1.84 bits per heavy atom. The maximum atomic E-state index is 13.5. The van der Waals surface area contributed by atoms with Crippen molar-refractivity contribution in [3.8, 4) is 0 Å². The van der Waals surface area contributed by atoms with Crippen LogP contribution in [0.15, 0.2) is 53.0 Å². The lowest BCUT2D eigenvalue weighted by Crippen LogP contribution is -2.58. The molecule has 0 aromatic heterocycles. The van der Waals surface area contributed by atoms with Crippen LogP contribution >= 0.6 is 15.9 Å². The quantitative estimate of drug-likeness (QED) is 0.518. The summed E-state index contributed by atoms with van der Waals surface area (Å²) in [6.45, 7) is 2.79. The van der Waals surface area contributed by atoms with Crippen molar-refractivity contribution < 1.29 is 17.6 Å². The van der Waals surface area contributed by atoms with Crippen molar-refractivity contribution in [3.63, 3.8) is 0 Å². The van der Waals surface area contributed by atoms with Crippen LogP contribution in [0.25, 0.3) is 0 Å². The zero-order valence-electron chi connectivity index (χ0n) is 17.6. The molecule has 2 atom stereocenters. The van der Waals surface area contributed by atoms with Crippen molar-refractivity contribution in [1.29, 1.82) is 0 Å². The summed E-state index contributed by atoms with van der Waals surface area (Å²) >= 11 is 3.43. The van der Waals surface area contributed by atoms with Gasteiger partial charge in [-0.3, -0.25) is 0 Å². The number of carbonyl (C=O) groups excluding carboxylic acids is 1. The van der Waals surface area contributed by atoms with E-state index in [9.17, 15) is 17.6 Å². The highest BCUT2D eigenvalue weighted by atomic mass is 79.9. The molecule has 1 aliphatic heterocycles. The van der Waals surface area contributed by atoms with Gasteiger partial charge in [0, 0.05) is 17.6 Å². The molecule has 0 aliphatic carbocycles. The second-order valence-electron chi connectivity index (χ2n) is 7.96. The standard InChI is InChI=1S/C22H27BrFN3O3S/c1-16(17-4-8-19(23)9-5-17)27-15-13-22(26-21(27)28,12-3-14-25-31(2,29)30)18-6-10-20(24)11-7-18/h4-11,16,25H,3,12-15H2,1-2H3,(H,26,28)/t16-,22+/m1/s1. The summed E-state index contributed by atoms with van der Waals surface area (Å²) in [6, 6.07) is 13.7. The first-order valence-electron chi connectivity index (χ1n) is 10.1. The third-order valence-electron chi connectivity index (χ3n) is 5.75. The van der Waals surface area contributed by atoms with Crippen molar-refractivity contribution in [1.82, 2.24) is 14.9 Å². The molecule has 3 rings (SSSR count). The molecule has 0 radical (unpaired) electrons. The molecule has 31 heavy (non-hydrogen) atoms. The molecule has 2 N–H and O–H groups in total. The second kappa shape index (κ2) is 9.67. The Bertz CT molecular complexity index is 1020. The molecule has 0 spiro atoms. The summed E-state index contributed by atoms with van der Waals surface area (Å²) in [7, 11) is -3.28. The van der Waals surface area contributed by atoms with Crippen LogP contribution in [0, 0.1) is 5.82 Å². The van der Waals surface area contributed by atoms with Crippen LogP contribution in [0.2, 0.25) is 0 Å². The Kier molecular flexibility index (Phi) is 7.39. The van der Waals surface area contributed by atoms with Crippen LogP contribution in [0.5, 0.6) is 0 Å². The number of amides is 2. The second-order valence-corrected chi connectivity index (χ2v) is 10.7. The number of halogens is 2. The van der Waals surface area contributed by atoms with Gasteiger partial charge < -0.3 is 10.2 Å². The van der Waals surface area contributed by atoms with Crippen LogP contribution < -0.4 is 10.0 Å². The Balaban J connectivity index is 1.78. The fourth-order valence-electron chi connectivity index (χ4n) is 4.01. The van der Waals surface area contributed by atoms with Gasteiger partial charge in [0.2, 0.25) is 10.0 Å². The number of hydrogen-bond acceptors (Lipinski definition) is 3. The Labute approximate surface area is 191 Å². The minimum absolute atomic E-state index is 0.105. The molecular formula is C22H27BrFN3O3S. The summed E-state index contributed by atoms with van der Waals surface area (Å²) in [4.78, 5) is 14.9. The van der Waals surface area contributed by atoms with Gasteiger partial charge in [0.15, 0.2) is 0 Å². The lowest BCUT2D eigenvalue weighted by atomic mass is 9.80. The summed E-state index contributed by atoms with van der Waals surface area (Å²) in [5, 5.41) is 3.15. The van der Waals surface area contributed by atoms with Gasteiger partial charge in [-0.15, -0.1) is 0 Å². The number of urea groups is 1. The van der Waals surface area contributed by atoms with E-state index in [1.165, 1.54) is 12.1 Å².